The highest BCUT2D eigenvalue weighted by molar-refractivity contribution is 6.02. The molecule has 2 unspecified atom stereocenters. The van der Waals surface area contributed by atoms with Crippen LogP contribution in [-0.2, 0) is 30.4 Å². The highest BCUT2D eigenvalue weighted by atomic mass is 16.5. The van der Waals surface area contributed by atoms with Crippen molar-refractivity contribution in [1.82, 2.24) is 20.3 Å². The van der Waals surface area contributed by atoms with Gasteiger partial charge < -0.3 is 25.0 Å². The number of amides is 3. The lowest BCUT2D eigenvalue weighted by molar-refractivity contribution is -0.127. The number of rotatable bonds is 10. The molecule has 0 saturated carbocycles. The summed E-state index contributed by atoms with van der Waals surface area (Å²) in [5.41, 5.74) is 4.12. The zero-order valence-corrected chi connectivity index (χ0v) is 25.2. The second kappa shape index (κ2) is 13.9. The van der Waals surface area contributed by atoms with E-state index in [1.54, 1.807) is 28.9 Å². The summed E-state index contributed by atoms with van der Waals surface area (Å²) in [5, 5.41) is 14.2. The molecule has 0 aliphatic carbocycles. The number of ether oxygens (including phenoxy) is 2. The van der Waals surface area contributed by atoms with Gasteiger partial charge in [0.2, 0.25) is 17.7 Å². The molecule has 2 saturated heterocycles. The van der Waals surface area contributed by atoms with Crippen molar-refractivity contribution < 1.29 is 23.9 Å². The number of anilines is 3. The van der Waals surface area contributed by atoms with E-state index in [1.165, 1.54) is 11.8 Å². The third-order valence-corrected chi connectivity index (χ3v) is 8.06. The molecule has 12 nitrogen and oxygen atoms in total. The molecule has 2 aliphatic heterocycles. The van der Waals surface area contributed by atoms with Gasteiger partial charge in [0, 0.05) is 50.2 Å². The summed E-state index contributed by atoms with van der Waals surface area (Å²) < 4.78 is 12.8. The Morgan fingerprint density at radius 3 is 2.44 bits per heavy atom. The summed E-state index contributed by atoms with van der Waals surface area (Å²) in [6.07, 6.45) is 1.75. The van der Waals surface area contributed by atoms with Crippen LogP contribution in [-0.4, -0.2) is 78.3 Å². The minimum atomic E-state index is -1.00. The first-order chi connectivity index (χ1) is 22.0. The maximum absolute atomic E-state index is 14.4. The van der Waals surface area contributed by atoms with Crippen molar-refractivity contribution in [2.75, 3.05) is 54.6 Å². The number of hydrogen-bond donors (Lipinski definition) is 2. The quantitative estimate of drug-likeness (QED) is 0.279. The molecule has 1 aromatic heterocycles. The number of nitrogens with zero attached hydrogens (tertiary/aromatic N) is 5. The van der Waals surface area contributed by atoms with E-state index in [2.05, 4.69) is 25.8 Å². The molecule has 45 heavy (non-hydrogen) atoms. The van der Waals surface area contributed by atoms with Gasteiger partial charge >= 0.3 is 0 Å². The van der Waals surface area contributed by atoms with E-state index >= 15 is 0 Å². The molecule has 4 aromatic rings. The fraction of sp³-hybridized carbons (Fsp3) is 0.364. The molecule has 234 valence electrons. The Morgan fingerprint density at radius 2 is 1.73 bits per heavy atom. The van der Waals surface area contributed by atoms with E-state index in [-0.39, 0.29) is 30.4 Å². The van der Waals surface area contributed by atoms with Crippen LogP contribution in [0.25, 0.3) is 11.0 Å². The Balaban J connectivity index is 1.37. The largest absolute Gasteiger partial charge is 0.378 e. The smallest absolute Gasteiger partial charge is 0.249 e. The highest BCUT2D eigenvalue weighted by Gasteiger charge is 2.34. The van der Waals surface area contributed by atoms with Crippen LogP contribution < -0.4 is 20.4 Å². The lowest BCUT2D eigenvalue weighted by Gasteiger charge is -2.33. The molecule has 2 N–H and O–H groups in total. The maximum Gasteiger partial charge on any atom is 0.249 e. The lowest BCUT2D eigenvalue weighted by Crippen LogP contribution is -2.46. The molecular weight excluding hydrogens is 574 g/mol. The lowest BCUT2D eigenvalue weighted by atomic mass is 10.0. The fourth-order valence-corrected chi connectivity index (χ4v) is 5.81. The van der Waals surface area contributed by atoms with Gasteiger partial charge in [-0.3, -0.25) is 19.3 Å². The second-order valence-electron chi connectivity index (χ2n) is 11.2. The average molecular weight is 612 g/mol. The third kappa shape index (κ3) is 7.13. The molecule has 0 radical (unpaired) electrons. The van der Waals surface area contributed by atoms with Crippen molar-refractivity contribution in [3.8, 4) is 0 Å². The monoisotopic (exact) mass is 611 g/mol. The van der Waals surface area contributed by atoms with Crippen molar-refractivity contribution in [3.63, 3.8) is 0 Å². The van der Waals surface area contributed by atoms with E-state index in [1.807, 2.05) is 48.5 Å². The van der Waals surface area contributed by atoms with Gasteiger partial charge in [-0.1, -0.05) is 29.5 Å². The molecule has 6 rings (SSSR count). The van der Waals surface area contributed by atoms with Crippen LogP contribution >= 0.6 is 0 Å². The molecule has 0 spiro atoms. The van der Waals surface area contributed by atoms with E-state index in [4.69, 9.17) is 9.47 Å². The van der Waals surface area contributed by atoms with Gasteiger partial charge in [-0.2, -0.15) is 0 Å². The van der Waals surface area contributed by atoms with Crippen LogP contribution in [0.15, 0.2) is 72.8 Å². The van der Waals surface area contributed by atoms with Crippen molar-refractivity contribution in [2.45, 2.75) is 38.5 Å². The van der Waals surface area contributed by atoms with Crippen molar-refractivity contribution in [1.29, 1.82) is 0 Å². The fourth-order valence-electron chi connectivity index (χ4n) is 5.81. The Hall–Kier alpha value is -4.81. The normalized spacial score (nSPS) is 17.2. The summed E-state index contributed by atoms with van der Waals surface area (Å²) in [4.78, 5) is 43.9. The van der Waals surface area contributed by atoms with Crippen LogP contribution in [0.3, 0.4) is 0 Å². The predicted octanol–water partition coefficient (Wildman–Crippen LogP) is 3.30. The summed E-state index contributed by atoms with van der Waals surface area (Å²) in [6.45, 7) is 5.18. The topological polar surface area (TPSA) is 131 Å². The number of fused-ring (bicyclic) bond motifs is 1. The number of nitrogens with one attached hydrogen (secondary N) is 2. The number of carbonyl (C=O) groups excluding carboxylic acids is 3. The molecule has 2 aliphatic rings. The first-order valence-electron chi connectivity index (χ1n) is 15.3. The van der Waals surface area contributed by atoms with Crippen molar-refractivity contribution in [2.24, 2.45) is 0 Å². The number of hydrogen-bond acceptors (Lipinski definition) is 8. The van der Waals surface area contributed by atoms with E-state index in [9.17, 15) is 14.4 Å². The van der Waals surface area contributed by atoms with Gasteiger partial charge in [0.25, 0.3) is 0 Å². The molecule has 2 atom stereocenters. The molecular formula is C33H37N7O5. The first kappa shape index (κ1) is 30.2. The molecule has 0 bridgehead atoms. The predicted molar refractivity (Wildman–Crippen MR) is 170 cm³/mol. The summed E-state index contributed by atoms with van der Waals surface area (Å²) in [5.74, 6) is -0.889. The van der Waals surface area contributed by atoms with E-state index in [0.29, 0.717) is 54.3 Å². The van der Waals surface area contributed by atoms with Crippen LogP contribution in [0.2, 0.25) is 0 Å². The number of carbonyl (C=O) groups is 3. The minimum absolute atomic E-state index is 0.0686. The summed E-state index contributed by atoms with van der Waals surface area (Å²) >= 11 is 0. The molecule has 3 amide bonds. The van der Waals surface area contributed by atoms with Gasteiger partial charge in [-0.15, -0.1) is 5.10 Å². The SMILES string of the molecule is CC(=O)Nc1ccc(N(C(=O)Cn2nnc3ccccc32)C(C(=O)NCC2CCCO2)c2ccc(N3CCOCC3)cc2)cc1. The molecule has 3 aromatic carbocycles. The molecule has 3 heterocycles. The van der Waals surface area contributed by atoms with Crippen LogP contribution in [0, 0.1) is 0 Å². The zero-order valence-electron chi connectivity index (χ0n) is 25.2. The van der Waals surface area contributed by atoms with Crippen LogP contribution in [0.4, 0.5) is 17.1 Å². The van der Waals surface area contributed by atoms with E-state index < -0.39 is 6.04 Å². The second-order valence-corrected chi connectivity index (χ2v) is 11.2. The number of aromatic nitrogens is 3. The first-order valence-corrected chi connectivity index (χ1v) is 15.3. The van der Waals surface area contributed by atoms with Crippen molar-refractivity contribution in [3.05, 3.63) is 78.4 Å². The van der Waals surface area contributed by atoms with Gasteiger partial charge in [0.1, 0.15) is 18.1 Å². The van der Waals surface area contributed by atoms with Gasteiger partial charge in [-0.05, 0) is 66.9 Å². The minimum Gasteiger partial charge on any atom is -0.378 e. The standard InChI is InChI=1S/C33H37N7O5/c1-23(41)35-25-10-14-27(15-11-25)40(31(42)22-39-30-7-3-2-6-29(30)36-37-39)32(33(43)34-21-28-5-4-18-45-28)24-8-12-26(13-9-24)38-16-19-44-20-17-38/h2-3,6-15,28,32H,4-5,16-22H2,1H3,(H,34,43)(H,35,41). The maximum atomic E-state index is 14.4. The van der Waals surface area contributed by atoms with Gasteiger partial charge in [0.05, 0.1) is 24.8 Å². The Kier molecular flexibility index (Phi) is 9.32. The van der Waals surface area contributed by atoms with Gasteiger partial charge in [0.15, 0.2) is 0 Å². The van der Waals surface area contributed by atoms with E-state index in [0.717, 1.165) is 31.6 Å². The molecule has 12 heteroatoms. The van der Waals surface area contributed by atoms with Crippen LogP contribution in [0.5, 0.6) is 0 Å². The van der Waals surface area contributed by atoms with Gasteiger partial charge in [-0.25, -0.2) is 4.68 Å². The number of benzene rings is 3. The summed E-state index contributed by atoms with van der Waals surface area (Å²) in [6, 6.07) is 21.1. The third-order valence-electron chi connectivity index (χ3n) is 8.06. The zero-order chi connectivity index (χ0) is 31.2. The average Bonchev–Trinajstić information content (AvgIpc) is 3.74. The van der Waals surface area contributed by atoms with Crippen LogP contribution in [0.1, 0.15) is 31.4 Å². The number of morpholine rings is 1. The Labute approximate surface area is 261 Å². The molecule has 2 fully saturated rings. The Bertz CT molecular complexity index is 1630. The highest BCUT2D eigenvalue weighted by Crippen LogP contribution is 2.31. The Morgan fingerprint density at radius 1 is 0.978 bits per heavy atom. The summed E-state index contributed by atoms with van der Waals surface area (Å²) in [7, 11) is 0. The number of para-hydroxylation sites is 1. The van der Waals surface area contributed by atoms with Crippen molar-refractivity contribution >= 4 is 45.8 Å².